The van der Waals surface area contributed by atoms with Crippen LogP contribution in [-0.2, 0) is 28.6 Å². The SMILES string of the molecule is CC/C=C\C/C=C\C/C=C\C/C=C\C/C=C\CCCCCC(=O)OCC(COC(=O)CCCCCCC)OC(=O)CCCCCCC/C=C\C/C=C\CCC. The smallest absolute Gasteiger partial charge is 0.306 e. The zero-order valence-electron chi connectivity index (χ0n) is 35.4. The van der Waals surface area contributed by atoms with E-state index in [-0.39, 0.29) is 31.1 Å². The lowest BCUT2D eigenvalue weighted by atomic mass is 10.1. The fourth-order valence-corrected chi connectivity index (χ4v) is 5.56. The number of carbonyl (C=O) groups is 3. The summed E-state index contributed by atoms with van der Waals surface area (Å²) in [7, 11) is 0. The van der Waals surface area contributed by atoms with Crippen LogP contribution in [0, 0.1) is 0 Å². The monoisotopic (exact) mass is 765 g/mol. The third-order valence-corrected chi connectivity index (χ3v) is 8.86. The number of carbonyl (C=O) groups excluding carboxylic acids is 3. The summed E-state index contributed by atoms with van der Waals surface area (Å²) in [5.41, 5.74) is 0. The number of esters is 3. The Labute approximate surface area is 337 Å². The van der Waals surface area contributed by atoms with Gasteiger partial charge in [0, 0.05) is 19.3 Å². The summed E-state index contributed by atoms with van der Waals surface area (Å²) < 4.78 is 16.5. The van der Waals surface area contributed by atoms with Crippen LogP contribution < -0.4 is 0 Å². The van der Waals surface area contributed by atoms with Gasteiger partial charge in [-0.1, -0.05) is 164 Å². The van der Waals surface area contributed by atoms with Gasteiger partial charge in [0.25, 0.3) is 0 Å². The molecule has 0 aliphatic rings. The lowest BCUT2D eigenvalue weighted by Crippen LogP contribution is -2.30. The van der Waals surface area contributed by atoms with Crippen LogP contribution in [0.25, 0.3) is 0 Å². The Bertz CT molecular complexity index is 1110. The largest absolute Gasteiger partial charge is 0.462 e. The van der Waals surface area contributed by atoms with Gasteiger partial charge >= 0.3 is 17.9 Å². The first kappa shape index (κ1) is 51.6. The molecule has 55 heavy (non-hydrogen) atoms. The molecule has 0 radical (unpaired) electrons. The number of rotatable bonds is 38. The van der Waals surface area contributed by atoms with Crippen LogP contribution in [0.3, 0.4) is 0 Å². The van der Waals surface area contributed by atoms with E-state index in [1.807, 2.05) is 0 Å². The first-order valence-electron chi connectivity index (χ1n) is 22.1. The van der Waals surface area contributed by atoms with E-state index in [4.69, 9.17) is 14.2 Å². The molecule has 0 fully saturated rings. The highest BCUT2D eigenvalue weighted by Gasteiger charge is 2.19. The second-order valence-electron chi connectivity index (χ2n) is 14.2. The Balaban J connectivity index is 4.33. The molecule has 1 atom stereocenters. The highest BCUT2D eigenvalue weighted by atomic mass is 16.6. The molecule has 0 saturated carbocycles. The van der Waals surface area contributed by atoms with Crippen LogP contribution in [-0.4, -0.2) is 37.2 Å². The fraction of sp³-hybridized carbons (Fsp3) is 0.653. The Morgan fingerprint density at radius 3 is 1.20 bits per heavy atom. The maximum atomic E-state index is 12.6. The minimum absolute atomic E-state index is 0.0953. The second kappa shape index (κ2) is 43.3. The molecule has 312 valence electrons. The van der Waals surface area contributed by atoms with Gasteiger partial charge in [-0.2, -0.15) is 0 Å². The van der Waals surface area contributed by atoms with Gasteiger partial charge in [0.1, 0.15) is 13.2 Å². The molecule has 6 nitrogen and oxygen atoms in total. The molecule has 0 N–H and O–H groups in total. The van der Waals surface area contributed by atoms with Crippen molar-refractivity contribution >= 4 is 17.9 Å². The van der Waals surface area contributed by atoms with Gasteiger partial charge < -0.3 is 14.2 Å². The van der Waals surface area contributed by atoms with E-state index in [0.717, 1.165) is 141 Å². The highest BCUT2D eigenvalue weighted by Crippen LogP contribution is 2.12. The molecule has 0 aromatic carbocycles. The summed E-state index contributed by atoms with van der Waals surface area (Å²) in [5.74, 6) is -0.967. The first-order valence-corrected chi connectivity index (χ1v) is 22.1. The van der Waals surface area contributed by atoms with Gasteiger partial charge in [0.05, 0.1) is 0 Å². The Morgan fingerprint density at radius 1 is 0.382 bits per heavy atom. The van der Waals surface area contributed by atoms with Gasteiger partial charge in [-0.05, 0) is 89.9 Å². The maximum Gasteiger partial charge on any atom is 0.306 e. The van der Waals surface area contributed by atoms with Crippen molar-refractivity contribution in [2.24, 2.45) is 0 Å². The van der Waals surface area contributed by atoms with Crippen molar-refractivity contribution in [2.45, 2.75) is 194 Å². The molecular weight excluding hydrogens is 685 g/mol. The first-order chi connectivity index (χ1) is 27.0. The quantitative estimate of drug-likeness (QED) is 0.0270. The summed E-state index contributed by atoms with van der Waals surface area (Å²) >= 11 is 0. The standard InChI is InChI=1S/C49H80O6/c1-4-7-10-13-15-17-19-21-22-23-24-25-26-28-29-31-33-36-39-42-48(51)54-45-46(44-53-47(50)41-38-35-12-9-6-3)55-49(52)43-40-37-34-32-30-27-20-18-16-14-11-8-5-2/h7,10-11,14-15,17-18,20-22,24-25,28-29,46H,4-6,8-9,12-13,16,19,23,26-27,30-45H2,1-3H3/b10-7-,14-11-,17-15-,20-18-,22-21-,25-24-,29-28-. The van der Waals surface area contributed by atoms with Gasteiger partial charge in [-0.15, -0.1) is 0 Å². The van der Waals surface area contributed by atoms with Crippen LogP contribution in [0.2, 0.25) is 0 Å². The lowest BCUT2D eigenvalue weighted by Gasteiger charge is -2.18. The van der Waals surface area contributed by atoms with E-state index in [0.29, 0.717) is 19.3 Å². The van der Waals surface area contributed by atoms with Crippen molar-refractivity contribution in [1.82, 2.24) is 0 Å². The zero-order chi connectivity index (χ0) is 40.1. The Hall–Kier alpha value is -3.41. The van der Waals surface area contributed by atoms with E-state index in [1.165, 1.54) is 6.42 Å². The van der Waals surface area contributed by atoms with E-state index in [1.54, 1.807) is 0 Å². The Morgan fingerprint density at radius 2 is 0.745 bits per heavy atom. The molecule has 0 aliphatic heterocycles. The number of hydrogen-bond donors (Lipinski definition) is 0. The van der Waals surface area contributed by atoms with Crippen LogP contribution in [0.15, 0.2) is 85.1 Å². The third kappa shape index (κ3) is 41.6. The normalized spacial score (nSPS) is 12.9. The van der Waals surface area contributed by atoms with Crippen molar-refractivity contribution in [1.29, 1.82) is 0 Å². The highest BCUT2D eigenvalue weighted by molar-refractivity contribution is 5.71. The Kier molecular flexibility index (Phi) is 40.6. The molecule has 0 amide bonds. The molecule has 0 rings (SSSR count). The van der Waals surface area contributed by atoms with Crippen molar-refractivity contribution < 1.29 is 28.6 Å². The van der Waals surface area contributed by atoms with E-state index in [9.17, 15) is 14.4 Å². The predicted octanol–water partition coefficient (Wildman–Crippen LogP) is 14.1. The third-order valence-electron chi connectivity index (χ3n) is 8.86. The fourth-order valence-electron chi connectivity index (χ4n) is 5.56. The number of unbranched alkanes of at least 4 members (excludes halogenated alkanes) is 13. The average Bonchev–Trinajstić information content (AvgIpc) is 3.18. The van der Waals surface area contributed by atoms with Crippen molar-refractivity contribution in [3.05, 3.63) is 85.1 Å². The molecule has 0 aromatic rings. The number of ether oxygens (including phenoxy) is 3. The molecule has 0 aliphatic carbocycles. The minimum atomic E-state index is -0.792. The molecular formula is C49H80O6. The molecule has 0 saturated heterocycles. The summed E-state index contributed by atoms with van der Waals surface area (Å²) in [4.78, 5) is 37.4. The van der Waals surface area contributed by atoms with E-state index < -0.39 is 6.10 Å². The van der Waals surface area contributed by atoms with E-state index >= 15 is 0 Å². The van der Waals surface area contributed by atoms with Gasteiger partial charge in [-0.25, -0.2) is 0 Å². The molecule has 0 bridgehead atoms. The van der Waals surface area contributed by atoms with Crippen LogP contribution >= 0.6 is 0 Å². The molecule has 0 heterocycles. The van der Waals surface area contributed by atoms with Crippen LogP contribution in [0.4, 0.5) is 0 Å². The summed E-state index contributed by atoms with van der Waals surface area (Å²) in [6, 6.07) is 0. The molecule has 0 spiro atoms. The molecule has 0 aromatic heterocycles. The topological polar surface area (TPSA) is 78.9 Å². The summed E-state index contributed by atoms with van der Waals surface area (Å²) in [6.45, 7) is 6.30. The summed E-state index contributed by atoms with van der Waals surface area (Å²) in [5, 5.41) is 0. The average molecular weight is 765 g/mol. The summed E-state index contributed by atoms with van der Waals surface area (Å²) in [6.07, 6.45) is 54.5. The van der Waals surface area contributed by atoms with Crippen LogP contribution in [0.5, 0.6) is 0 Å². The van der Waals surface area contributed by atoms with Gasteiger partial charge in [0.2, 0.25) is 0 Å². The predicted molar refractivity (Wildman–Crippen MR) is 233 cm³/mol. The molecule has 6 heteroatoms. The van der Waals surface area contributed by atoms with Crippen molar-refractivity contribution in [2.75, 3.05) is 13.2 Å². The van der Waals surface area contributed by atoms with Crippen molar-refractivity contribution in [3.8, 4) is 0 Å². The van der Waals surface area contributed by atoms with Gasteiger partial charge in [0.15, 0.2) is 6.10 Å². The zero-order valence-corrected chi connectivity index (χ0v) is 35.4. The van der Waals surface area contributed by atoms with Gasteiger partial charge in [-0.3, -0.25) is 14.4 Å². The second-order valence-corrected chi connectivity index (χ2v) is 14.2. The van der Waals surface area contributed by atoms with E-state index in [2.05, 4.69) is 106 Å². The number of hydrogen-bond acceptors (Lipinski definition) is 6. The number of allylic oxidation sites excluding steroid dienone is 14. The van der Waals surface area contributed by atoms with Crippen LogP contribution in [0.1, 0.15) is 188 Å². The maximum absolute atomic E-state index is 12.6. The molecule has 1 unspecified atom stereocenters. The van der Waals surface area contributed by atoms with Crippen molar-refractivity contribution in [3.63, 3.8) is 0 Å². The lowest BCUT2D eigenvalue weighted by molar-refractivity contribution is -0.167. The minimum Gasteiger partial charge on any atom is -0.462 e.